The lowest BCUT2D eigenvalue weighted by Gasteiger charge is -2.26. The van der Waals surface area contributed by atoms with Crippen LogP contribution in [0.4, 0.5) is 0 Å². The third-order valence-electron chi connectivity index (χ3n) is 2.95. The van der Waals surface area contributed by atoms with Gasteiger partial charge in [-0.1, -0.05) is 6.92 Å². The van der Waals surface area contributed by atoms with Crippen LogP contribution in [0.1, 0.15) is 12.5 Å². The van der Waals surface area contributed by atoms with E-state index in [1.807, 2.05) is 6.20 Å². The van der Waals surface area contributed by atoms with Crippen molar-refractivity contribution in [1.82, 2.24) is 20.0 Å². The zero-order valence-corrected chi connectivity index (χ0v) is 9.45. The third-order valence-corrected chi connectivity index (χ3v) is 2.95. The summed E-state index contributed by atoms with van der Waals surface area (Å²) in [6.45, 7) is 8.88. The van der Waals surface area contributed by atoms with Crippen molar-refractivity contribution in [1.29, 1.82) is 0 Å². The van der Waals surface area contributed by atoms with Gasteiger partial charge in [0.25, 0.3) is 0 Å². The average Bonchev–Trinajstić information content (AvgIpc) is 2.76. The number of aromatic nitrogens is 2. The van der Waals surface area contributed by atoms with E-state index < -0.39 is 0 Å². The second kappa shape index (κ2) is 5.28. The Bertz CT molecular complexity index is 289. The van der Waals surface area contributed by atoms with Gasteiger partial charge in [0.1, 0.15) is 0 Å². The Labute approximate surface area is 91.3 Å². The Hall–Kier alpha value is -0.870. The minimum atomic E-state index is 1.01. The maximum Gasteiger partial charge on any atom is 0.0536 e. The van der Waals surface area contributed by atoms with Crippen LogP contribution in [-0.2, 0) is 13.0 Å². The number of rotatable bonds is 4. The van der Waals surface area contributed by atoms with Crippen LogP contribution >= 0.6 is 0 Å². The van der Waals surface area contributed by atoms with Gasteiger partial charge in [0.2, 0.25) is 0 Å². The van der Waals surface area contributed by atoms with Crippen molar-refractivity contribution < 1.29 is 0 Å². The minimum Gasteiger partial charge on any atom is -0.314 e. The number of piperazine rings is 1. The summed E-state index contributed by atoms with van der Waals surface area (Å²) >= 11 is 0. The molecule has 84 valence electrons. The molecular weight excluding hydrogens is 188 g/mol. The molecule has 15 heavy (non-hydrogen) atoms. The molecule has 0 saturated carbocycles. The van der Waals surface area contributed by atoms with E-state index in [4.69, 9.17) is 0 Å². The molecule has 1 aromatic heterocycles. The molecule has 0 amide bonds. The molecule has 0 aromatic carbocycles. The van der Waals surface area contributed by atoms with Crippen LogP contribution < -0.4 is 5.32 Å². The standard InChI is InChI=1S/C11H20N4/c1-2-11-9-13-15(10-11)8-7-14-5-3-12-4-6-14/h9-10,12H,2-8H2,1H3. The molecule has 0 atom stereocenters. The molecule has 0 aliphatic carbocycles. The third kappa shape index (κ3) is 3.04. The van der Waals surface area contributed by atoms with Gasteiger partial charge in [-0.15, -0.1) is 0 Å². The average molecular weight is 208 g/mol. The Balaban J connectivity index is 1.76. The summed E-state index contributed by atoms with van der Waals surface area (Å²) in [5, 5.41) is 7.71. The molecule has 2 heterocycles. The molecule has 1 saturated heterocycles. The van der Waals surface area contributed by atoms with E-state index in [1.54, 1.807) is 0 Å². The number of hydrogen-bond donors (Lipinski definition) is 1. The topological polar surface area (TPSA) is 33.1 Å². The van der Waals surface area contributed by atoms with Gasteiger partial charge in [0.15, 0.2) is 0 Å². The molecule has 0 radical (unpaired) electrons. The molecule has 1 N–H and O–H groups in total. The predicted octanol–water partition coefficient (Wildman–Crippen LogP) is 0.351. The summed E-state index contributed by atoms with van der Waals surface area (Å²) in [6, 6.07) is 0. The highest BCUT2D eigenvalue weighted by Gasteiger charge is 2.08. The van der Waals surface area contributed by atoms with E-state index >= 15 is 0 Å². The lowest BCUT2D eigenvalue weighted by atomic mass is 10.3. The van der Waals surface area contributed by atoms with Crippen LogP contribution in [-0.4, -0.2) is 47.4 Å². The summed E-state index contributed by atoms with van der Waals surface area (Å²) in [6.07, 6.45) is 5.20. The highest BCUT2D eigenvalue weighted by atomic mass is 15.3. The van der Waals surface area contributed by atoms with Crippen molar-refractivity contribution in [3.8, 4) is 0 Å². The maximum atomic E-state index is 4.35. The Morgan fingerprint density at radius 1 is 1.33 bits per heavy atom. The van der Waals surface area contributed by atoms with Gasteiger partial charge >= 0.3 is 0 Å². The summed E-state index contributed by atoms with van der Waals surface area (Å²) in [7, 11) is 0. The van der Waals surface area contributed by atoms with Gasteiger partial charge in [-0.05, 0) is 12.0 Å². The summed E-state index contributed by atoms with van der Waals surface area (Å²) in [5.74, 6) is 0. The van der Waals surface area contributed by atoms with E-state index in [0.717, 1.165) is 32.6 Å². The van der Waals surface area contributed by atoms with Gasteiger partial charge in [-0.3, -0.25) is 9.58 Å². The first-order chi connectivity index (χ1) is 7.38. The van der Waals surface area contributed by atoms with Crippen molar-refractivity contribution in [2.24, 2.45) is 0 Å². The molecule has 2 rings (SSSR count). The van der Waals surface area contributed by atoms with E-state index in [2.05, 4.69) is 33.1 Å². The van der Waals surface area contributed by atoms with Crippen LogP contribution in [0.25, 0.3) is 0 Å². The fourth-order valence-corrected chi connectivity index (χ4v) is 1.89. The van der Waals surface area contributed by atoms with Crippen LogP contribution in [0.5, 0.6) is 0 Å². The second-order valence-corrected chi connectivity index (χ2v) is 4.06. The van der Waals surface area contributed by atoms with Crippen molar-refractivity contribution >= 4 is 0 Å². The highest BCUT2D eigenvalue weighted by molar-refractivity contribution is 5.02. The van der Waals surface area contributed by atoms with E-state index in [9.17, 15) is 0 Å². The van der Waals surface area contributed by atoms with E-state index in [1.165, 1.54) is 18.7 Å². The zero-order valence-electron chi connectivity index (χ0n) is 9.45. The van der Waals surface area contributed by atoms with Gasteiger partial charge < -0.3 is 5.32 Å². The maximum absolute atomic E-state index is 4.35. The quantitative estimate of drug-likeness (QED) is 0.775. The molecule has 0 unspecified atom stereocenters. The van der Waals surface area contributed by atoms with E-state index in [-0.39, 0.29) is 0 Å². The predicted molar refractivity (Wildman–Crippen MR) is 60.9 cm³/mol. The molecule has 0 spiro atoms. The lowest BCUT2D eigenvalue weighted by molar-refractivity contribution is 0.229. The van der Waals surface area contributed by atoms with Gasteiger partial charge in [0, 0.05) is 38.9 Å². The number of nitrogens with one attached hydrogen (secondary N) is 1. The van der Waals surface area contributed by atoms with Crippen molar-refractivity contribution in [2.45, 2.75) is 19.9 Å². The largest absolute Gasteiger partial charge is 0.314 e. The molecule has 4 heteroatoms. The first-order valence-electron chi connectivity index (χ1n) is 5.83. The van der Waals surface area contributed by atoms with Gasteiger partial charge in [0.05, 0.1) is 12.7 Å². The normalized spacial score (nSPS) is 18.2. The first kappa shape index (κ1) is 10.6. The second-order valence-electron chi connectivity index (χ2n) is 4.06. The SMILES string of the molecule is CCc1cnn(CCN2CCNCC2)c1. The van der Waals surface area contributed by atoms with Crippen LogP contribution in [0.3, 0.4) is 0 Å². The highest BCUT2D eigenvalue weighted by Crippen LogP contribution is 1.99. The Kier molecular flexibility index (Phi) is 3.75. The Morgan fingerprint density at radius 3 is 2.80 bits per heavy atom. The zero-order chi connectivity index (χ0) is 10.5. The monoisotopic (exact) mass is 208 g/mol. The molecule has 1 fully saturated rings. The molecule has 1 aromatic rings. The van der Waals surface area contributed by atoms with Gasteiger partial charge in [-0.2, -0.15) is 5.10 Å². The summed E-state index contributed by atoms with van der Waals surface area (Å²) < 4.78 is 2.06. The molecular formula is C11H20N4. The molecule has 1 aliphatic heterocycles. The molecule has 4 nitrogen and oxygen atoms in total. The molecule has 0 bridgehead atoms. The fraction of sp³-hybridized carbons (Fsp3) is 0.727. The fourth-order valence-electron chi connectivity index (χ4n) is 1.89. The number of hydrogen-bond acceptors (Lipinski definition) is 3. The van der Waals surface area contributed by atoms with Crippen molar-refractivity contribution in [3.05, 3.63) is 18.0 Å². The summed E-state index contributed by atoms with van der Waals surface area (Å²) in [4.78, 5) is 2.49. The van der Waals surface area contributed by atoms with Crippen LogP contribution in [0, 0.1) is 0 Å². The first-order valence-corrected chi connectivity index (χ1v) is 5.83. The van der Waals surface area contributed by atoms with Crippen molar-refractivity contribution in [3.63, 3.8) is 0 Å². The van der Waals surface area contributed by atoms with Crippen LogP contribution in [0.15, 0.2) is 12.4 Å². The van der Waals surface area contributed by atoms with Crippen molar-refractivity contribution in [2.75, 3.05) is 32.7 Å². The lowest BCUT2D eigenvalue weighted by Crippen LogP contribution is -2.44. The van der Waals surface area contributed by atoms with E-state index in [0.29, 0.717) is 0 Å². The van der Waals surface area contributed by atoms with Crippen LogP contribution in [0.2, 0.25) is 0 Å². The number of aryl methyl sites for hydroxylation is 1. The Morgan fingerprint density at radius 2 is 2.13 bits per heavy atom. The minimum absolute atomic E-state index is 1.01. The number of nitrogens with zero attached hydrogens (tertiary/aromatic N) is 3. The smallest absolute Gasteiger partial charge is 0.0536 e. The van der Waals surface area contributed by atoms with Gasteiger partial charge in [-0.25, -0.2) is 0 Å². The summed E-state index contributed by atoms with van der Waals surface area (Å²) in [5.41, 5.74) is 1.33. The molecule has 1 aliphatic rings.